The molecule has 2 rings (SSSR count). The summed E-state index contributed by atoms with van der Waals surface area (Å²) in [5.74, 6) is 0. The van der Waals surface area contributed by atoms with Gasteiger partial charge >= 0.3 is 0 Å². The highest BCUT2D eigenvalue weighted by atomic mass is 32.2. The molecule has 2 heterocycles. The standard InChI is InChI=1S/C5H8N4S/c1-4-2-10-5-7-6-3-9(5)8-4/h2,6,8H,3H2,1H3. The summed E-state index contributed by atoms with van der Waals surface area (Å²) in [5, 5.41) is 9.05. The van der Waals surface area contributed by atoms with E-state index in [1.54, 1.807) is 11.8 Å². The molecule has 0 aromatic heterocycles. The van der Waals surface area contributed by atoms with Gasteiger partial charge in [0, 0.05) is 5.70 Å². The first-order valence-corrected chi connectivity index (χ1v) is 3.92. The second kappa shape index (κ2) is 2.09. The van der Waals surface area contributed by atoms with Gasteiger partial charge in [0.1, 0.15) is 6.67 Å². The average molecular weight is 156 g/mol. The molecule has 2 aliphatic rings. The van der Waals surface area contributed by atoms with Crippen LogP contribution in [-0.4, -0.2) is 16.8 Å². The van der Waals surface area contributed by atoms with Gasteiger partial charge in [-0.1, -0.05) is 11.8 Å². The molecule has 2 aliphatic heterocycles. The fraction of sp³-hybridized carbons (Fsp3) is 0.400. The van der Waals surface area contributed by atoms with Crippen LogP contribution in [0.4, 0.5) is 0 Å². The van der Waals surface area contributed by atoms with Crippen LogP contribution in [0.3, 0.4) is 0 Å². The van der Waals surface area contributed by atoms with E-state index in [1.807, 2.05) is 17.3 Å². The highest BCUT2D eigenvalue weighted by Crippen LogP contribution is 2.18. The number of hydrazone groups is 1. The third-order valence-electron chi connectivity index (χ3n) is 1.29. The van der Waals surface area contributed by atoms with Crippen LogP contribution in [0, 0.1) is 0 Å². The monoisotopic (exact) mass is 156 g/mol. The fourth-order valence-electron chi connectivity index (χ4n) is 0.859. The SMILES string of the molecule is CC1=CSC2=NNCN2N1. The Bertz CT molecular complexity index is 210. The molecule has 0 atom stereocenters. The summed E-state index contributed by atoms with van der Waals surface area (Å²) in [7, 11) is 0. The van der Waals surface area contributed by atoms with Crippen LogP contribution in [0.15, 0.2) is 16.2 Å². The zero-order valence-corrected chi connectivity index (χ0v) is 6.40. The smallest absolute Gasteiger partial charge is 0.207 e. The Morgan fingerprint density at radius 3 is 3.60 bits per heavy atom. The van der Waals surface area contributed by atoms with Crippen LogP contribution in [0.5, 0.6) is 0 Å². The van der Waals surface area contributed by atoms with Crippen LogP contribution in [0.25, 0.3) is 0 Å². The van der Waals surface area contributed by atoms with Crippen molar-refractivity contribution < 1.29 is 0 Å². The molecule has 10 heavy (non-hydrogen) atoms. The molecule has 4 nitrogen and oxygen atoms in total. The highest BCUT2D eigenvalue weighted by molar-refractivity contribution is 8.16. The van der Waals surface area contributed by atoms with Gasteiger partial charge in [-0.05, 0) is 12.3 Å². The number of hydrazine groups is 1. The molecule has 0 radical (unpaired) electrons. The zero-order valence-electron chi connectivity index (χ0n) is 5.59. The summed E-state index contributed by atoms with van der Waals surface area (Å²) in [6.45, 7) is 2.79. The summed E-state index contributed by atoms with van der Waals surface area (Å²) in [6.07, 6.45) is 0. The number of nitrogens with zero attached hydrogens (tertiary/aromatic N) is 2. The predicted molar refractivity (Wildman–Crippen MR) is 41.8 cm³/mol. The van der Waals surface area contributed by atoms with Crippen LogP contribution < -0.4 is 10.9 Å². The third kappa shape index (κ3) is 0.824. The Morgan fingerprint density at radius 1 is 1.80 bits per heavy atom. The Balaban J connectivity index is 2.19. The van der Waals surface area contributed by atoms with E-state index in [0.29, 0.717) is 0 Å². The van der Waals surface area contributed by atoms with Crippen molar-refractivity contribution >= 4 is 16.9 Å². The van der Waals surface area contributed by atoms with Crippen LogP contribution in [-0.2, 0) is 0 Å². The number of rotatable bonds is 0. The molecule has 0 amide bonds. The number of allylic oxidation sites excluding steroid dienone is 1. The van der Waals surface area contributed by atoms with Crippen LogP contribution in [0.2, 0.25) is 0 Å². The zero-order chi connectivity index (χ0) is 6.97. The van der Waals surface area contributed by atoms with Crippen LogP contribution >= 0.6 is 11.8 Å². The van der Waals surface area contributed by atoms with Crippen molar-refractivity contribution in [2.75, 3.05) is 6.67 Å². The van der Waals surface area contributed by atoms with Crippen LogP contribution in [0.1, 0.15) is 6.92 Å². The van der Waals surface area contributed by atoms with Crippen molar-refractivity contribution in [1.29, 1.82) is 0 Å². The van der Waals surface area contributed by atoms with E-state index in [-0.39, 0.29) is 0 Å². The number of nitrogens with one attached hydrogen (secondary N) is 2. The van der Waals surface area contributed by atoms with Gasteiger partial charge in [0.05, 0.1) is 0 Å². The summed E-state index contributed by atoms with van der Waals surface area (Å²) in [4.78, 5) is 0. The van der Waals surface area contributed by atoms with Gasteiger partial charge in [-0.25, -0.2) is 5.01 Å². The van der Waals surface area contributed by atoms with Gasteiger partial charge in [-0.15, -0.1) is 0 Å². The topological polar surface area (TPSA) is 39.7 Å². The maximum absolute atomic E-state index is 4.04. The molecular weight excluding hydrogens is 148 g/mol. The molecule has 2 N–H and O–H groups in total. The number of amidine groups is 1. The minimum absolute atomic E-state index is 0.757. The molecule has 0 spiro atoms. The van der Waals surface area contributed by atoms with Crippen molar-refractivity contribution in [2.24, 2.45) is 5.10 Å². The Hall–Kier alpha value is -0.840. The number of hydrogen-bond acceptors (Lipinski definition) is 5. The molecule has 0 aliphatic carbocycles. The first kappa shape index (κ1) is 5.91. The molecule has 54 valence electrons. The minimum atomic E-state index is 0.757. The van der Waals surface area contributed by atoms with Crippen molar-refractivity contribution in [3.63, 3.8) is 0 Å². The second-order valence-electron chi connectivity index (χ2n) is 2.17. The second-order valence-corrected chi connectivity index (χ2v) is 3.01. The highest BCUT2D eigenvalue weighted by Gasteiger charge is 2.19. The van der Waals surface area contributed by atoms with E-state index in [9.17, 15) is 0 Å². The molecule has 0 bridgehead atoms. The molecule has 0 aromatic carbocycles. The lowest BCUT2D eigenvalue weighted by molar-refractivity contribution is 0.355. The maximum atomic E-state index is 4.04. The largest absolute Gasteiger partial charge is 0.299 e. The van der Waals surface area contributed by atoms with Crippen molar-refractivity contribution in [2.45, 2.75) is 6.92 Å². The quantitative estimate of drug-likeness (QED) is 0.527. The summed E-state index contributed by atoms with van der Waals surface area (Å²) in [6, 6.07) is 0. The van der Waals surface area contributed by atoms with Gasteiger partial charge < -0.3 is 0 Å². The van der Waals surface area contributed by atoms with Crippen molar-refractivity contribution in [1.82, 2.24) is 15.9 Å². The summed E-state index contributed by atoms with van der Waals surface area (Å²) >= 11 is 1.63. The van der Waals surface area contributed by atoms with E-state index in [0.717, 1.165) is 17.5 Å². The van der Waals surface area contributed by atoms with E-state index in [2.05, 4.69) is 16.0 Å². The van der Waals surface area contributed by atoms with Crippen molar-refractivity contribution in [3.05, 3.63) is 11.1 Å². The fourth-order valence-corrected chi connectivity index (χ4v) is 1.55. The van der Waals surface area contributed by atoms with Gasteiger partial charge in [0.25, 0.3) is 0 Å². The van der Waals surface area contributed by atoms with Gasteiger partial charge in [-0.3, -0.25) is 10.9 Å². The maximum Gasteiger partial charge on any atom is 0.207 e. The molecule has 5 heteroatoms. The van der Waals surface area contributed by atoms with Gasteiger partial charge in [0.2, 0.25) is 5.17 Å². The first-order chi connectivity index (χ1) is 4.86. The predicted octanol–water partition coefficient (Wildman–Crippen LogP) is 0.233. The Kier molecular flexibility index (Phi) is 1.23. The van der Waals surface area contributed by atoms with Gasteiger partial charge in [-0.2, -0.15) is 5.10 Å². The minimum Gasteiger partial charge on any atom is -0.299 e. The van der Waals surface area contributed by atoms with Gasteiger partial charge in [0.15, 0.2) is 0 Å². The number of hydrogen-bond donors (Lipinski definition) is 2. The van der Waals surface area contributed by atoms with E-state index < -0.39 is 0 Å². The van der Waals surface area contributed by atoms with E-state index >= 15 is 0 Å². The first-order valence-electron chi connectivity index (χ1n) is 3.04. The molecule has 0 saturated carbocycles. The Labute approximate surface area is 63.3 Å². The number of fused-ring (bicyclic) bond motifs is 1. The van der Waals surface area contributed by atoms with E-state index in [1.165, 1.54) is 0 Å². The molecule has 0 fully saturated rings. The average Bonchev–Trinajstić information content (AvgIpc) is 2.33. The lowest BCUT2D eigenvalue weighted by atomic mass is 10.6. The molecule has 0 aromatic rings. The molecule has 0 unspecified atom stereocenters. The summed E-state index contributed by atoms with van der Waals surface area (Å²) in [5.41, 5.74) is 7.20. The van der Waals surface area contributed by atoms with E-state index in [4.69, 9.17) is 0 Å². The number of thioether (sulfide) groups is 1. The normalized spacial score (nSPS) is 22.3. The third-order valence-corrected chi connectivity index (χ3v) is 2.28. The lowest BCUT2D eigenvalue weighted by Crippen LogP contribution is -2.41. The summed E-state index contributed by atoms with van der Waals surface area (Å²) < 4.78 is 0. The Morgan fingerprint density at radius 2 is 2.70 bits per heavy atom. The molecule has 0 saturated heterocycles. The lowest BCUT2D eigenvalue weighted by Gasteiger charge is -2.23. The van der Waals surface area contributed by atoms with Crippen molar-refractivity contribution in [3.8, 4) is 0 Å². The molecular formula is C5H8N4S.